The van der Waals surface area contributed by atoms with E-state index >= 15 is 0 Å². The Morgan fingerprint density at radius 1 is 1.45 bits per heavy atom. The molecule has 1 rings (SSSR count). The number of amides is 1. The number of carbonyl (C=O) groups excluding carboxylic acids is 1. The first-order chi connectivity index (χ1) is 9.26. The van der Waals surface area contributed by atoms with Gasteiger partial charge in [-0.25, -0.2) is 4.79 Å². The lowest BCUT2D eigenvalue weighted by Gasteiger charge is -2.20. The second kappa shape index (κ2) is 6.95. The maximum absolute atomic E-state index is 11.7. The number of aliphatic hydroxyl groups excluding tert-OH is 1. The number of hydrogen-bond acceptors (Lipinski definition) is 4. The van der Waals surface area contributed by atoms with Gasteiger partial charge in [0.15, 0.2) is 0 Å². The summed E-state index contributed by atoms with van der Waals surface area (Å²) in [6.07, 6.45) is -1.20. The summed E-state index contributed by atoms with van der Waals surface area (Å²) in [6, 6.07) is 5.04. The van der Waals surface area contributed by atoms with Gasteiger partial charge in [-0.15, -0.1) is 0 Å². The van der Waals surface area contributed by atoms with Gasteiger partial charge in [0, 0.05) is 22.6 Å². The Hall–Kier alpha value is -1.27. The number of hydrogen-bond donors (Lipinski definition) is 2. The SMILES string of the molecule is COc1cc(NC(=O)OC(C)(C)C)ccc1C(O)CBr. The van der Waals surface area contributed by atoms with Crippen LogP contribution in [0.3, 0.4) is 0 Å². The first-order valence-corrected chi connectivity index (χ1v) is 7.31. The molecule has 1 aromatic carbocycles. The number of nitrogens with one attached hydrogen (secondary N) is 1. The van der Waals surface area contributed by atoms with Gasteiger partial charge in [0.25, 0.3) is 0 Å². The summed E-state index contributed by atoms with van der Waals surface area (Å²) in [4.78, 5) is 11.7. The highest BCUT2D eigenvalue weighted by atomic mass is 79.9. The summed E-state index contributed by atoms with van der Waals surface area (Å²) in [5.41, 5.74) is 0.640. The molecule has 1 atom stereocenters. The van der Waals surface area contributed by atoms with Crippen molar-refractivity contribution in [1.82, 2.24) is 0 Å². The van der Waals surface area contributed by atoms with Crippen molar-refractivity contribution < 1.29 is 19.4 Å². The molecule has 0 aliphatic rings. The van der Waals surface area contributed by atoms with E-state index in [4.69, 9.17) is 9.47 Å². The first-order valence-electron chi connectivity index (χ1n) is 6.19. The number of methoxy groups -OCH3 is 1. The minimum atomic E-state index is -0.666. The summed E-state index contributed by atoms with van der Waals surface area (Å²) in [5, 5.41) is 12.9. The van der Waals surface area contributed by atoms with Gasteiger partial charge in [-0.3, -0.25) is 5.32 Å². The van der Waals surface area contributed by atoms with E-state index in [0.29, 0.717) is 22.3 Å². The molecule has 0 aliphatic carbocycles. The highest BCUT2D eigenvalue weighted by molar-refractivity contribution is 9.09. The second-order valence-corrected chi connectivity index (χ2v) is 5.90. The fraction of sp³-hybridized carbons (Fsp3) is 0.500. The molecular weight excluding hydrogens is 326 g/mol. The molecule has 0 radical (unpaired) electrons. The number of alkyl halides is 1. The summed E-state index contributed by atoms with van der Waals surface area (Å²) in [7, 11) is 1.51. The zero-order chi connectivity index (χ0) is 15.3. The molecule has 1 aromatic rings. The van der Waals surface area contributed by atoms with Crippen LogP contribution >= 0.6 is 15.9 Å². The smallest absolute Gasteiger partial charge is 0.412 e. The Balaban J connectivity index is 2.85. The van der Waals surface area contributed by atoms with E-state index in [2.05, 4.69) is 21.2 Å². The lowest BCUT2D eigenvalue weighted by atomic mass is 10.1. The fourth-order valence-corrected chi connectivity index (χ4v) is 1.92. The maximum atomic E-state index is 11.7. The quantitative estimate of drug-likeness (QED) is 0.820. The first kappa shape index (κ1) is 16.8. The van der Waals surface area contributed by atoms with Gasteiger partial charge in [-0.1, -0.05) is 22.0 Å². The average Bonchev–Trinajstić information content (AvgIpc) is 2.35. The van der Waals surface area contributed by atoms with E-state index in [1.165, 1.54) is 7.11 Å². The van der Waals surface area contributed by atoms with Crippen LogP contribution in [-0.4, -0.2) is 29.2 Å². The normalized spacial score (nSPS) is 12.7. The molecule has 20 heavy (non-hydrogen) atoms. The van der Waals surface area contributed by atoms with Gasteiger partial charge < -0.3 is 14.6 Å². The van der Waals surface area contributed by atoms with Crippen LogP contribution in [0.4, 0.5) is 10.5 Å². The van der Waals surface area contributed by atoms with Crippen molar-refractivity contribution in [3.63, 3.8) is 0 Å². The monoisotopic (exact) mass is 345 g/mol. The predicted molar refractivity (Wildman–Crippen MR) is 81.6 cm³/mol. The van der Waals surface area contributed by atoms with Gasteiger partial charge in [0.2, 0.25) is 0 Å². The second-order valence-electron chi connectivity index (χ2n) is 5.25. The third kappa shape index (κ3) is 5.02. The van der Waals surface area contributed by atoms with Gasteiger partial charge in [0.1, 0.15) is 11.4 Å². The van der Waals surface area contributed by atoms with E-state index in [9.17, 15) is 9.90 Å². The van der Waals surface area contributed by atoms with E-state index in [-0.39, 0.29) is 0 Å². The van der Waals surface area contributed by atoms with Gasteiger partial charge in [0.05, 0.1) is 13.2 Å². The molecule has 2 N–H and O–H groups in total. The Labute approximate surface area is 127 Å². The molecule has 0 saturated carbocycles. The minimum Gasteiger partial charge on any atom is -0.496 e. The van der Waals surface area contributed by atoms with Crippen molar-refractivity contribution in [3.8, 4) is 5.75 Å². The third-order valence-electron chi connectivity index (χ3n) is 2.38. The van der Waals surface area contributed by atoms with Crippen molar-refractivity contribution in [2.45, 2.75) is 32.5 Å². The Morgan fingerprint density at radius 3 is 2.60 bits per heavy atom. The van der Waals surface area contributed by atoms with Crippen LogP contribution in [0, 0.1) is 0 Å². The number of rotatable bonds is 4. The molecule has 5 nitrogen and oxygen atoms in total. The summed E-state index contributed by atoms with van der Waals surface area (Å²) in [5.74, 6) is 0.505. The molecule has 0 bridgehead atoms. The standard InChI is InChI=1S/C14H20BrNO4/c1-14(2,3)20-13(18)16-9-5-6-10(11(17)8-15)12(7-9)19-4/h5-7,11,17H,8H2,1-4H3,(H,16,18). The number of carbonyl (C=O) groups is 1. The summed E-state index contributed by atoms with van der Waals surface area (Å²) >= 11 is 3.21. The van der Waals surface area contributed by atoms with Crippen LogP contribution in [0.5, 0.6) is 5.75 Å². The van der Waals surface area contributed by atoms with Crippen LogP contribution in [0.1, 0.15) is 32.4 Å². The van der Waals surface area contributed by atoms with Crippen molar-refractivity contribution in [2.24, 2.45) is 0 Å². The van der Waals surface area contributed by atoms with Crippen molar-refractivity contribution in [3.05, 3.63) is 23.8 Å². The molecule has 112 valence electrons. The largest absolute Gasteiger partial charge is 0.496 e. The lowest BCUT2D eigenvalue weighted by molar-refractivity contribution is 0.0636. The number of benzene rings is 1. The average molecular weight is 346 g/mol. The molecule has 0 fully saturated rings. The molecule has 0 aromatic heterocycles. The van der Waals surface area contributed by atoms with Gasteiger partial charge in [-0.2, -0.15) is 0 Å². The van der Waals surface area contributed by atoms with Crippen LogP contribution < -0.4 is 10.1 Å². The lowest BCUT2D eigenvalue weighted by Crippen LogP contribution is -2.27. The van der Waals surface area contributed by atoms with Gasteiger partial charge >= 0.3 is 6.09 Å². The minimum absolute atomic E-state index is 0.405. The van der Waals surface area contributed by atoms with Gasteiger partial charge in [-0.05, 0) is 26.8 Å². The zero-order valence-corrected chi connectivity index (χ0v) is 13.7. The summed E-state index contributed by atoms with van der Waals surface area (Å²) < 4.78 is 10.4. The highest BCUT2D eigenvalue weighted by Gasteiger charge is 2.17. The Bertz CT molecular complexity index is 471. The Morgan fingerprint density at radius 2 is 2.10 bits per heavy atom. The Kier molecular flexibility index (Phi) is 5.83. The van der Waals surface area contributed by atoms with Crippen LogP contribution in [0.2, 0.25) is 0 Å². The number of aliphatic hydroxyl groups is 1. The van der Waals surface area contributed by atoms with E-state index in [0.717, 1.165) is 0 Å². The van der Waals surface area contributed by atoms with Crippen LogP contribution in [-0.2, 0) is 4.74 Å². The fourth-order valence-electron chi connectivity index (χ4n) is 1.57. The molecule has 0 saturated heterocycles. The molecule has 1 unspecified atom stereocenters. The zero-order valence-electron chi connectivity index (χ0n) is 12.1. The number of anilines is 1. The molecule has 6 heteroatoms. The highest BCUT2D eigenvalue weighted by Crippen LogP contribution is 2.29. The maximum Gasteiger partial charge on any atom is 0.412 e. The molecule has 0 aliphatic heterocycles. The van der Waals surface area contributed by atoms with E-state index in [1.54, 1.807) is 39.0 Å². The van der Waals surface area contributed by atoms with E-state index < -0.39 is 17.8 Å². The molecule has 1 amide bonds. The van der Waals surface area contributed by atoms with Crippen molar-refractivity contribution in [2.75, 3.05) is 17.8 Å². The third-order valence-corrected chi connectivity index (χ3v) is 3.00. The number of halogens is 1. The van der Waals surface area contributed by atoms with Crippen LogP contribution in [0.15, 0.2) is 18.2 Å². The molecule has 0 spiro atoms. The van der Waals surface area contributed by atoms with Crippen LogP contribution in [0.25, 0.3) is 0 Å². The topological polar surface area (TPSA) is 67.8 Å². The predicted octanol–water partition coefficient (Wildman–Crippen LogP) is 3.47. The number of ether oxygens (including phenoxy) is 2. The van der Waals surface area contributed by atoms with Crippen molar-refractivity contribution in [1.29, 1.82) is 0 Å². The molecule has 0 heterocycles. The van der Waals surface area contributed by atoms with Crippen molar-refractivity contribution >= 4 is 27.7 Å². The van der Waals surface area contributed by atoms with E-state index in [1.807, 2.05) is 0 Å². The summed E-state index contributed by atoms with van der Waals surface area (Å²) in [6.45, 7) is 5.38. The molecular formula is C14H20BrNO4.